The zero-order valence-corrected chi connectivity index (χ0v) is 4.01. The first kappa shape index (κ1) is 4.18. The molecule has 0 aromatic rings. The number of hydrazone groups is 1. The zero-order valence-electron chi connectivity index (χ0n) is 4.01. The molecule has 3 nitrogen and oxygen atoms in total. The summed E-state index contributed by atoms with van der Waals surface area (Å²) in [4.78, 5) is 0. The molecule has 0 saturated heterocycles. The number of nitrogens with zero attached hydrogens (tertiary/aromatic N) is 1. The molecule has 7 heavy (non-hydrogen) atoms. The van der Waals surface area contributed by atoms with Gasteiger partial charge in [-0.2, -0.15) is 0 Å². The molecule has 0 aliphatic carbocycles. The van der Waals surface area contributed by atoms with Crippen LogP contribution in [0, 0.1) is 0 Å². The van der Waals surface area contributed by atoms with Crippen molar-refractivity contribution in [3.8, 4) is 0 Å². The monoisotopic (exact) mass is 98.0 g/mol. The predicted octanol–water partition coefficient (Wildman–Crippen LogP) is 0.411. The first-order chi connectivity index (χ1) is 3.39. The lowest BCUT2D eigenvalue weighted by atomic mass is 10.6. The van der Waals surface area contributed by atoms with E-state index < -0.39 is 0 Å². The Morgan fingerprint density at radius 2 is 2.71 bits per heavy atom. The third-order valence-corrected chi connectivity index (χ3v) is 0.599. The lowest BCUT2D eigenvalue weighted by Crippen LogP contribution is -2.06. The summed E-state index contributed by atoms with van der Waals surface area (Å²) in [5, 5.41) is 3.59. The Bertz CT molecular complexity index is 117. The fourth-order valence-electron chi connectivity index (χ4n) is 0.317. The van der Waals surface area contributed by atoms with Crippen LogP contribution in [-0.4, -0.2) is 6.40 Å². The molecule has 1 heterocycles. The van der Waals surface area contributed by atoms with Gasteiger partial charge in [-0.1, -0.05) is 0 Å². The van der Waals surface area contributed by atoms with Crippen molar-refractivity contribution in [1.29, 1.82) is 0 Å². The van der Waals surface area contributed by atoms with Crippen molar-refractivity contribution in [3.63, 3.8) is 0 Å². The fraction of sp³-hybridized carbons (Fsp3) is 0.250. The van der Waals surface area contributed by atoms with Gasteiger partial charge in [-0.3, -0.25) is 5.43 Å². The lowest BCUT2D eigenvalue weighted by molar-refractivity contribution is 0.460. The van der Waals surface area contributed by atoms with Crippen LogP contribution < -0.4 is 5.43 Å². The number of allylic oxidation sites excluding steroid dienone is 1. The minimum absolute atomic E-state index is 0.919. The maximum absolute atomic E-state index is 4.67. The third kappa shape index (κ3) is 0.924. The third-order valence-electron chi connectivity index (χ3n) is 0.599. The van der Waals surface area contributed by atoms with Gasteiger partial charge in [0.15, 0.2) is 6.40 Å². The molecule has 0 bridgehead atoms. The van der Waals surface area contributed by atoms with Crippen molar-refractivity contribution < 1.29 is 4.74 Å². The number of nitrogens with one attached hydrogen (secondary N) is 1. The van der Waals surface area contributed by atoms with Crippen LogP contribution in [-0.2, 0) is 4.74 Å². The van der Waals surface area contributed by atoms with Crippen LogP contribution in [0.5, 0.6) is 0 Å². The van der Waals surface area contributed by atoms with Crippen molar-refractivity contribution in [1.82, 2.24) is 5.43 Å². The van der Waals surface area contributed by atoms with Crippen LogP contribution in [0.25, 0.3) is 0 Å². The van der Waals surface area contributed by atoms with Gasteiger partial charge in [-0.15, -0.1) is 5.10 Å². The van der Waals surface area contributed by atoms with E-state index in [1.54, 1.807) is 6.26 Å². The second-order valence-electron chi connectivity index (χ2n) is 1.28. The SMILES string of the molecule is CC1=COC=NN1. The summed E-state index contributed by atoms with van der Waals surface area (Å²) in [5.41, 5.74) is 3.61. The molecule has 1 aliphatic rings. The molecule has 0 aromatic carbocycles. The van der Waals surface area contributed by atoms with Gasteiger partial charge in [0.2, 0.25) is 0 Å². The van der Waals surface area contributed by atoms with E-state index in [2.05, 4.69) is 15.3 Å². The highest BCUT2D eigenvalue weighted by Gasteiger charge is 1.86. The van der Waals surface area contributed by atoms with Crippen LogP contribution >= 0.6 is 0 Å². The van der Waals surface area contributed by atoms with Crippen LogP contribution in [0.2, 0.25) is 0 Å². The Balaban J connectivity index is 2.50. The summed E-state index contributed by atoms with van der Waals surface area (Å²) in [6.45, 7) is 1.87. The molecule has 0 atom stereocenters. The lowest BCUT2D eigenvalue weighted by Gasteiger charge is -2.01. The van der Waals surface area contributed by atoms with Gasteiger partial charge in [-0.25, -0.2) is 0 Å². The summed E-state index contributed by atoms with van der Waals surface area (Å²) >= 11 is 0. The van der Waals surface area contributed by atoms with E-state index in [0.717, 1.165) is 5.70 Å². The average molecular weight is 98.1 g/mol. The number of ether oxygens (including phenoxy) is 1. The average Bonchev–Trinajstić information content (AvgIpc) is 1.69. The molecule has 0 spiro atoms. The van der Waals surface area contributed by atoms with Crippen molar-refractivity contribution in [3.05, 3.63) is 12.0 Å². The molecule has 3 heteroatoms. The maximum Gasteiger partial charge on any atom is 0.198 e. The first-order valence-corrected chi connectivity index (χ1v) is 1.99. The van der Waals surface area contributed by atoms with Gasteiger partial charge in [0, 0.05) is 0 Å². The predicted molar refractivity (Wildman–Crippen MR) is 26.5 cm³/mol. The normalized spacial score (nSPS) is 17.0. The van der Waals surface area contributed by atoms with E-state index in [0.29, 0.717) is 0 Å². The van der Waals surface area contributed by atoms with E-state index in [-0.39, 0.29) is 0 Å². The second-order valence-corrected chi connectivity index (χ2v) is 1.28. The minimum atomic E-state index is 0.919. The second kappa shape index (κ2) is 1.64. The summed E-state index contributed by atoms with van der Waals surface area (Å²) in [7, 11) is 0. The molecule has 0 fully saturated rings. The Hall–Kier alpha value is -0.990. The van der Waals surface area contributed by atoms with Gasteiger partial charge in [0.25, 0.3) is 0 Å². The van der Waals surface area contributed by atoms with Gasteiger partial charge in [0.05, 0.1) is 5.70 Å². The number of hydrogen-bond acceptors (Lipinski definition) is 3. The molecule has 0 saturated carbocycles. The fourth-order valence-corrected chi connectivity index (χ4v) is 0.317. The van der Waals surface area contributed by atoms with E-state index in [1.165, 1.54) is 6.40 Å². The molecule has 0 unspecified atom stereocenters. The van der Waals surface area contributed by atoms with Crippen LogP contribution in [0.3, 0.4) is 0 Å². The Morgan fingerprint density at radius 1 is 1.86 bits per heavy atom. The molecule has 0 amide bonds. The Labute approximate surface area is 41.7 Å². The minimum Gasteiger partial charge on any atom is -0.450 e. The number of rotatable bonds is 0. The Kier molecular flexibility index (Phi) is 0.978. The smallest absolute Gasteiger partial charge is 0.198 e. The highest BCUT2D eigenvalue weighted by molar-refractivity contribution is 5.48. The van der Waals surface area contributed by atoms with Gasteiger partial charge in [0.1, 0.15) is 6.26 Å². The number of hydrogen-bond donors (Lipinski definition) is 1. The van der Waals surface area contributed by atoms with E-state index in [9.17, 15) is 0 Å². The van der Waals surface area contributed by atoms with E-state index in [1.807, 2.05) is 6.92 Å². The molecular weight excluding hydrogens is 92.1 g/mol. The van der Waals surface area contributed by atoms with Gasteiger partial charge in [-0.05, 0) is 6.92 Å². The summed E-state index contributed by atoms with van der Waals surface area (Å²) in [6, 6.07) is 0. The molecular formula is C4H6N2O. The van der Waals surface area contributed by atoms with E-state index >= 15 is 0 Å². The summed E-state index contributed by atoms with van der Waals surface area (Å²) in [5.74, 6) is 0. The van der Waals surface area contributed by atoms with Crippen molar-refractivity contribution >= 4 is 6.40 Å². The molecule has 1 aliphatic heterocycles. The van der Waals surface area contributed by atoms with Crippen molar-refractivity contribution in [2.75, 3.05) is 0 Å². The molecule has 0 radical (unpaired) electrons. The summed E-state index contributed by atoms with van der Waals surface area (Å²) in [6.07, 6.45) is 2.93. The van der Waals surface area contributed by atoms with Crippen molar-refractivity contribution in [2.24, 2.45) is 5.10 Å². The molecule has 0 aromatic heterocycles. The van der Waals surface area contributed by atoms with Gasteiger partial charge < -0.3 is 4.74 Å². The first-order valence-electron chi connectivity index (χ1n) is 1.99. The zero-order chi connectivity index (χ0) is 5.11. The van der Waals surface area contributed by atoms with Crippen LogP contribution in [0.15, 0.2) is 17.1 Å². The largest absolute Gasteiger partial charge is 0.450 e. The van der Waals surface area contributed by atoms with Crippen LogP contribution in [0.4, 0.5) is 0 Å². The highest BCUT2D eigenvalue weighted by Crippen LogP contribution is 1.89. The van der Waals surface area contributed by atoms with Crippen LogP contribution in [0.1, 0.15) is 6.92 Å². The topological polar surface area (TPSA) is 33.6 Å². The maximum atomic E-state index is 4.67. The quantitative estimate of drug-likeness (QED) is 0.476. The summed E-state index contributed by atoms with van der Waals surface area (Å²) < 4.78 is 4.67. The molecule has 38 valence electrons. The standard InChI is InChI=1S/C4H6N2O/c1-4-2-7-3-5-6-4/h2-3,6H,1H3. The highest BCUT2D eigenvalue weighted by atomic mass is 16.5. The van der Waals surface area contributed by atoms with E-state index in [4.69, 9.17) is 0 Å². The van der Waals surface area contributed by atoms with Gasteiger partial charge >= 0.3 is 0 Å². The molecule has 1 N–H and O–H groups in total. The van der Waals surface area contributed by atoms with Crippen molar-refractivity contribution in [2.45, 2.75) is 6.92 Å². The molecule has 1 rings (SSSR count). The Morgan fingerprint density at radius 3 is 3.00 bits per heavy atom.